The number of carbonyl (C=O) groups excluding carboxylic acids is 1. The summed E-state index contributed by atoms with van der Waals surface area (Å²) in [6.07, 6.45) is 8.26. The van der Waals surface area contributed by atoms with Crippen LogP contribution >= 0.6 is 0 Å². The molecule has 0 radical (unpaired) electrons. The molecule has 0 heterocycles. The van der Waals surface area contributed by atoms with E-state index in [1.807, 2.05) is 52.0 Å². The van der Waals surface area contributed by atoms with Crippen molar-refractivity contribution in [3.05, 3.63) is 89.5 Å². The molecule has 0 amide bonds. The fraction of sp³-hybridized carbons (Fsp3) is 0.513. The van der Waals surface area contributed by atoms with Crippen LogP contribution in [0.15, 0.2) is 72.8 Å². The molecule has 0 saturated heterocycles. The van der Waals surface area contributed by atoms with Crippen LogP contribution in [0.25, 0.3) is 0 Å². The van der Waals surface area contributed by atoms with Crippen LogP contribution in [-0.2, 0) is 9.47 Å². The standard InChI is InChI=1S/C39H52O6/c1-7-29(31-15-21-36(22-16-31)43-28(3)42-35-11-9-8-10-12-35)26-33(25-27(2)30-13-19-34(40)20-14-30)32-17-23-37(24-18-32)44-38(41)45-39(4,5)6/h13-24,27-29,33,35,40H,7-12,25-26H2,1-6H3. The number of aromatic hydroxyl groups is 1. The van der Waals surface area contributed by atoms with E-state index in [0.717, 1.165) is 37.9 Å². The summed E-state index contributed by atoms with van der Waals surface area (Å²) < 4.78 is 23.0. The number of ether oxygens (including phenoxy) is 4. The second-order valence-corrected chi connectivity index (χ2v) is 13.6. The highest BCUT2D eigenvalue weighted by Crippen LogP contribution is 2.39. The summed E-state index contributed by atoms with van der Waals surface area (Å²) in [7, 11) is 0. The molecular formula is C39H52O6. The third-order valence-corrected chi connectivity index (χ3v) is 8.69. The zero-order valence-electron chi connectivity index (χ0n) is 28.0. The van der Waals surface area contributed by atoms with Gasteiger partial charge in [-0.2, -0.15) is 0 Å². The van der Waals surface area contributed by atoms with E-state index in [1.165, 1.54) is 36.0 Å². The van der Waals surface area contributed by atoms with Crippen LogP contribution in [0, 0.1) is 0 Å². The van der Waals surface area contributed by atoms with Crippen molar-refractivity contribution in [1.29, 1.82) is 0 Å². The van der Waals surface area contributed by atoms with Crippen molar-refractivity contribution in [2.24, 2.45) is 0 Å². The molecule has 0 spiro atoms. The molecule has 6 heteroatoms. The van der Waals surface area contributed by atoms with E-state index >= 15 is 0 Å². The number of phenols is 1. The normalized spacial score (nSPS) is 16.8. The van der Waals surface area contributed by atoms with E-state index in [-0.39, 0.29) is 23.9 Å². The highest BCUT2D eigenvalue weighted by Gasteiger charge is 2.24. The van der Waals surface area contributed by atoms with Crippen LogP contribution < -0.4 is 9.47 Å². The average Bonchev–Trinajstić information content (AvgIpc) is 3.00. The Labute approximate surface area is 270 Å². The highest BCUT2D eigenvalue weighted by molar-refractivity contribution is 5.64. The quantitative estimate of drug-likeness (QED) is 0.117. The molecule has 4 unspecified atom stereocenters. The van der Waals surface area contributed by atoms with Gasteiger partial charge in [-0.1, -0.05) is 69.5 Å². The minimum atomic E-state index is -0.707. The van der Waals surface area contributed by atoms with Gasteiger partial charge in [-0.25, -0.2) is 4.79 Å². The summed E-state index contributed by atoms with van der Waals surface area (Å²) in [5.74, 6) is 2.46. The molecule has 0 aliphatic heterocycles. The summed E-state index contributed by atoms with van der Waals surface area (Å²) >= 11 is 0. The third kappa shape index (κ3) is 11.1. The van der Waals surface area contributed by atoms with Crippen LogP contribution in [0.5, 0.6) is 17.2 Å². The first-order valence-corrected chi connectivity index (χ1v) is 16.7. The lowest BCUT2D eigenvalue weighted by atomic mass is 9.78. The van der Waals surface area contributed by atoms with Gasteiger partial charge in [-0.3, -0.25) is 0 Å². The van der Waals surface area contributed by atoms with Crippen molar-refractivity contribution < 1.29 is 28.8 Å². The average molecular weight is 617 g/mol. The monoisotopic (exact) mass is 616 g/mol. The summed E-state index contributed by atoms with van der Waals surface area (Å²) in [5, 5.41) is 9.81. The summed E-state index contributed by atoms with van der Waals surface area (Å²) in [5.41, 5.74) is 3.07. The molecule has 1 N–H and O–H groups in total. The molecule has 45 heavy (non-hydrogen) atoms. The molecule has 1 aliphatic carbocycles. The van der Waals surface area contributed by atoms with E-state index in [0.29, 0.717) is 17.8 Å². The second-order valence-electron chi connectivity index (χ2n) is 13.6. The van der Waals surface area contributed by atoms with Crippen LogP contribution in [0.1, 0.15) is 127 Å². The van der Waals surface area contributed by atoms with E-state index in [2.05, 4.69) is 50.2 Å². The zero-order valence-corrected chi connectivity index (χ0v) is 28.0. The van der Waals surface area contributed by atoms with Crippen molar-refractivity contribution in [3.63, 3.8) is 0 Å². The van der Waals surface area contributed by atoms with Gasteiger partial charge >= 0.3 is 6.16 Å². The van der Waals surface area contributed by atoms with Gasteiger partial charge in [0.15, 0.2) is 6.29 Å². The van der Waals surface area contributed by atoms with E-state index in [1.54, 1.807) is 12.1 Å². The van der Waals surface area contributed by atoms with Crippen LogP contribution in [0.4, 0.5) is 4.79 Å². The Morgan fingerprint density at radius 2 is 1.33 bits per heavy atom. The summed E-state index contributed by atoms with van der Waals surface area (Å²) in [4.78, 5) is 12.2. The first-order chi connectivity index (χ1) is 21.5. The molecule has 0 aromatic heterocycles. The molecular weight excluding hydrogens is 564 g/mol. The van der Waals surface area contributed by atoms with Gasteiger partial charge in [0.1, 0.15) is 22.8 Å². The fourth-order valence-corrected chi connectivity index (χ4v) is 6.30. The topological polar surface area (TPSA) is 74.2 Å². The SMILES string of the molecule is CCC(CC(CC(C)c1ccc(O)cc1)c1ccc(OC(=O)OC(C)(C)C)cc1)c1ccc(OC(C)OC2CCCCC2)cc1. The van der Waals surface area contributed by atoms with Crippen LogP contribution in [-0.4, -0.2) is 29.3 Å². The molecule has 1 fully saturated rings. The fourth-order valence-electron chi connectivity index (χ4n) is 6.30. The van der Waals surface area contributed by atoms with Crippen LogP contribution in [0.3, 0.4) is 0 Å². The molecule has 244 valence electrons. The maximum Gasteiger partial charge on any atom is 0.514 e. The molecule has 3 aromatic rings. The lowest BCUT2D eigenvalue weighted by Crippen LogP contribution is -2.26. The van der Waals surface area contributed by atoms with Crippen molar-refractivity contribution >= 4 is 6.16 Å². The Kier molecular flexibility index (Phi) is 12.3. The number of rotatable bonds is 13. The van der Waals surface area contributed by atoms with Crippen molar-refractivity contribution in [1.82, 2.24) is 0 Å². The molecule has 1 aliphatic rings. The van der Waals surface area contributed by atoms with E-state index < -0.39 is 11.8 Å². The minimum Gasteiger partial charge on any atom is -0.508 e. The number of benzene rings is 3. The third-order valence-electron chi connectivity index (χ3n) is 8.69. The predicted molar refractivity (Wildman–Crippen MR) is 179 cm³/mol. The lowest BCUT2D eigenvalue weighted by Gasteiger charge is -2.27. The smallest absolute Gasteiger partial charge is 0.508 e. The Bertz CT molecular complexity index is 1300. The first kappa shape index (κ1) is 34.4. The molecule has 1 saturated carbocycles. The van der Waals surface area contributed by atoms with Gasteiger partial charge in [0.25, 0.3) is 0 Å². The number of phenolic OH excluding ortho intramolecular Hbond substituents is 1. The van der Waals surface area contributed by atoms with Gasteiger partial charge in [-0.05, 0) is 131 Å². The van der Waals surface area contributed by atoms with Gasteiger partial charge in [-0.15, -0.1) is 0 Å². The Morgan fingerprint density at radius 1 is 0.778 bits per heavy atom. The van der Waals surface area contributed by atoms with Gasteiger partial charge in [0.05, 0.1) is 6.10 Å². The van der Waals surface area contributed by atoms with Gasteiger partial charge < -0.3 is 24.1 Å². The van der Waals surface area contributed by atoms with Gasteiger partial charge in [0.2, 0.25) is 0 Å². The number of hydrogen-bond acceptors (Lipinski definition) is 6. The summed E-state index contributed by atoms with van der Waals surface area (Å²) in [6, 6.07) is 23.8. The van der Waals surface area contributed by atoms with Crippen LogP contribution in [0.2, 0.25) is 0 Å². The second kappa shape index (κ2) is 16.2. The number of hydrogen-bond donors (Lipinski definition) is 1. The first-order valence-electron chi connectivity index (χ1n) is 16.7. The Morgan fingerprint density at radius 3 is 1.91 bits per heavy atom. The summed E-state index contributed by atoms with van der Waals surface area (Å²) in [6.45, 7) is 11.9. The molecule has 0 bridgehead atoms. The Balaban J connectivity index is 1.47. The van der Waals surface area contributed by atoms with E-state index in [4.69, 9.17) is 18.9 Å². The molecule has 4 rings (SSSR count). The number of carbonyl (C=O) groups is 1. The minimum absolute atomic E-state index is 0.258. The predicted octanol–water partition coefficient (Wildman–Crippen LogP) is 10.6. The molecule has 6 nitrogen and oxygen atoms in total. The molecule has 3 aromatic carbocycles. The maximum absolute atomic E-state index is 12.2. The largest absolute Gasteiger partial charge is 0.514 e. The van der Waals surface area contributed by atoms with Crippen molar-refractivity contribution in [3.8, 4) is 17.2 Å². The highest BCUT2D eigenvalue weighted by atomic mass is 16.7. The Hall–Kier alpha value is -3.51. The molecule has 4 atom stereocenters. The maximum atomic E-state index is 12.2. The van der Waals surface area contributed by atoms with Gasteiger partial charge in [0, 0.05) is 0 Å². The van der Waals surface area contributed by atoms with Crippen molar-refractivity contribution in [2.45, 2.75) is 129 Å². The lowest BCUT2D eigenvalue weighted by molar-refractivity contribution is -0.116. The van der Waals surface area contributed by atoms with Crippen molar-refractivity contribution in [2.75, 3.05) is 0 Å². The van der Waals surface area contributed by atoms with E-state index in [9.17, 15) is 9.90 Å². The zero-order chi connectivity index (χ0) is 32.4.